The van der Waals surface area contributed by atoms with Crippen LogP contribution in [0.25, 0.3) is 0 Å². The van der Waals surface area contributed by atoms with Gasteiger partial charge in [0.1, 0.15) is 18.8 Å². The first kappa shape index (κ1) is 36.7. The highest BCUT2D eigenvalue weighted by Crippen LogP contribution is 2.49. The molecular formula is C37H57N3O7S. The average Bonchev–Trinajstić information content (AvgIpc) is 3.25. The minimum absolute atomic E-state index is 0.0436. The Morgan fingerprint density at radius 1 is 1.02 bits per heavy atom. The molecule has 0 bridgehead atoms. The fourth-order valence-electron chi connectivity index (χ4n) is 7.72. The van der Waals surface area contributed by atoms with Gasteiger partial charge in [0.05, 0.1) is 17.7 Å². The zero-order valence-corrected chi connectivity index (χ0v) is 29.7. The second kappa shape index (κ2) is 17.9. The van der Waals surface area contributed by atoms with Gasteiger partial charge in [-0.2, -0.15) is 11.8 Å². The predicted molar refractivity (Wildman–Crippen MR) is 186 cm³/mol. The van der Waals surface area contributed by atoms with Gasteiger partial charge in [-0.05, 0) is 63.9 Å². The van der Waals surface area contributed by atoms with E-state index in [1.165, 1.54) is 25.7 Å². The van der Waals surface area contributed by atoms with Crippen LogP contribution in [0.2, 0.25) is 0 Å². The van der Waals surface area contributed by atoms with E-state index in [0.717, 1.165) is 94.9 Å². The quantitative estimate of drug-likeness (QED) is 0.0374. The lowest BCUT2D eigenvalue weighted by atomic mass is 9.84. The first-order chi connectivity index (χ1) is 23.2. The van der Waals surface area contributed by atoms with Gasteiger partial charge < -0.3 is 30.2 Å². The molecule has 0 saturated carbocycles. The van der Waals surface area contributed by atoms with Crippen molar-refractivity contribution >= 4 is 35.6 Å². The maximum absolute atomic E-state index is 12.4. The number of rotatable bonds is 19. The summed E-state index contributed by atoms with van der Waals surface area (Å²) in [5, 5.41) is 9.53. The molecular weight excluding hydrogens is 630 g/mol. The van der Waals surface area contributed by atoms with E-state index in [1.807, 2.05) is 11.8 Å². The van der Waals surface area contributed by atoms with Crippen molar-refractivity contribution in [1.29, 1.82) is 0 Å². The van der Waals surface area contributed by atoms with Gasteiger partial charge >= 0.3 is 18.0 Å². The Hall–Kier alpha value is -2.53. The van der Waals surface area contributed by atoms with Crippen molar-refractivity contribution in [3.05, 3.63) is 23.8 Å². The minimum Gasteiger partial charge on any atom is -0.461 e. The number of urea groups is 1. The third-order valence-corrected chi connectivity index (χ3v) is 12.3. The highest BCUT2D eigenvalue weighted by atomic mass is 32.2. The van der Waals surface area contributed by atoms with E-state index < -0.39 is 0 Å². The van der Waals surface area contributed by atoms with Crippen LogP contribution in [0.4, 0.5) is 4.79 Å². The zero-order chi connectivity index (χ0) is 33.9. The summed E-state index contributed by atoms with van der Waals surface area (Å²) in [5.41, 5.74) is 1.37. The Labute approximate surface area is 290 Å². The van der Waals surface area contributed by atoms with Crippen molar-refractivity contribution < 1.29 is 33.4 Å². The molecule has 5 aliphatic rings. The standard InChI is InChI=1S/C37H57N3O7S/c1-25-27-20-19-26(15-14-21-37(2)34(47-37)33(27)46-35(25)43)23-45-31(42)18-10-8-6-4-3-5-7-9-13-22-38-30(41)17-12-11-16-29-32-28(24-48-29)39-36(44)40-32/h15,27-29,32-34H,1,3-14,16-24H2,2H3,(H,38,41)(H2,39,40,44)/t27-,28-,29-,32-,33-,34+,37+/m0/s1. The van der Waals surface area contributed by atoms with E-state index >= 15 is 0 Å². The lowest BCUT2D eigenvalue weighted by Gasteiger charge is -2.20. The monoisotopic (exact) mass is 687 g/mol. The van der Waals surface area contributed by atoms with Crippen molar-refractivity contribution in [3.63, 3.8) is 0 Å². The molecule has 1 aliphatic carbocycles. The normalized spacial score (nSPS) is 30.7. The molecule has 4 heterocycles. The Bertz CT molecular complexity index is 1190. The number of carbonyl (C=O) groups excluding carboxylic acids is 4. The van der Waals surface area contributed by atoms with Crippen LogP contribution in [-0.4, -0.2) is 77.9 Å². The molecule has 11 heteroatoms. The number of allylic oxidation sites excluding steroid dienone is 1. The predicted octanol–water partition coefficient (Wildman–Crippen LogP) is 6.03. The number of hydrogen-bond acceptors (Lipinski definition) is 8. The third-order valence-electron chi connectivity index (χ3n) is 10.8. The van der Waals surface area contributed by atoms with Crippen LogP contribution in [0, 0.1) is 5.92 Å². The van der Waals surface area contributed by atoms with E-state index in [0.29, 0.717) is 30.3 Å². The highest BCUT2D eigenvalue weighted by Gasteiger charge is 2.61. The molecule has 48 heavy (non-hydrogen) atoms. The third kappa shape index (κ3) is 10.5. The molecule has 3 amide bonds. The summed E-state index contributed by atoms with van der Waals surface area (Å²) >= 11 is 1.93. The lowest BCUT2D eigenvalue weighted by molar-refractivity contribution is -0.143. The molecule has 3 N–H and O–H groups in total. The topological polar surface area (TPSA) is 135 Å². The summed E-state index contributed by atoms with van der Waals surface area (Å²) in [6.45, 7) is 7.12. The van der Waals surface area contributed by atoms with Crippen LogP contribution in [0.5, 0.6) is 0 Å². The minimum atomic E-state index is -0.312. The first-order valence-electron chi connectivity index (χ1n) is 18.6. The summed E-state index contributed by atoms with van der Waals surface area (Å²) in [4.78, 5) is 48.2. The zero-order valence-electron chi connectivity index (χ0n) is 28.9. The Balaban J connectivity index is 0.805. The van der Waals surface area contributed by atoms with Crippen LogP contribution in [0.3, 0.4) is 0 Å². The molecule has 0 aromatic rings. The van der Waals surface area contributed by atoms with Gasteiger partial charge in [0.15, 0.2) is 0 Å². The lowest BCUT2D eigenvalue weighted by Crippen LogP contribution is -2.36. The second-order valence-electron chi connectivity index (χ2n) is 14.6. The highest BCUT2D eigenvalue weighted by molar-refractivity contribution is 8.00. The summed E-state index contributed by atoms with van der Waals surface area (Å²) in [6, 6.07) is 0.465. The Kier molecular flexibility index (Phi) is 13.7. The number of carbonyl (C=O) groups is 4. The fourth-order valence-corrected chi connectivity index (χ4v) is 9.26. The summed E-state index contributed by atoms with van der Waals surface area (Å²) in [7, 11) is 0. The summed E-state index contributed by atoms with van der Waals surface area (Å²) in [5.74, 6) is 0.630. The van der Waals surface area contributed by atoms with E-state index in [4.69, 9.17) is 14.2 Å². The van der Waals surface area contributed by atoms with Crippen LogP contribution in [0.15, 0.2) is 23.8 Å². The largest absolute Gasteiger partial charge is 0.461 e. The van der Waals surface area contributed by atoms with Crippen LogP contribution in [0.1, 0.15) is 122 Å². The molecule has 4 saturated heterocycles. The SMILES string of the molecule is C=C1C(=O)O[C@@H]2[C@H]3O[C@]3(C)CCC=C(COC(=O)CCCCCCCCCCCNC(=O)CCCC[C@@H]3SC[C@@H]4NC(=O)N[C@@H]43)CC[C@@H]12. The van der Waals surface area contributed by atoms with E-state index in [1.54, 1.807) is 0 Å². The number of epoxide rings is 1. The van der Waals surface area contributed by atoms with E-state index in [-0.39, 0.29) is 59.7 Å². The number of amides is 3. The van der Waals surface area contributed by atoms with Gasteiger partial charge in [0.25, 0.3) is 0 Å². The Morgan fingerprint density at radius 3 is 2.54 bits per heavy atom. The van der Waals surface area contributed by atoms with Gasteiger partial charge in [0.2, 0.25) is 5.91 Å². The number of hydrogen-bond donors (Lipinski definition) is 3. The van der Waals surface area contributed by atoms with Gasteiger partial charge in [-0.15, -0.1) is 0 Å². The van der Waals surface area contributed by atoms with Gasteiger partial charge in [-0.25, -0.2) is 9.59 Å². The van der Waals surface area contributed by atoms with Crippen LogP contribution >= 0.6 is 11.8 Å². The van der Waals surface area contributed by atoms with Crippen molar-refractivity contribution in [2.45, 2.75) is 158 Å². The molecule has 4 fully saturated rings. The number of esters is 2. The molecule has 0 spiro atoms. The maximum Gasteiger partial charge on any atom is 0.334 e. The molecule has 0 unspecified atom stereocenters. The summed E-state index contributed by atoms with van der Waals surface area (Å²) < 4.78 is 17.2. The van der Waals surface area contributed by atoms with Gasteiger partial charge in [-0.1, -0.05) is 64.0 Å². The number of unbranched alkanes of at least 4 members (excludes halogenated alkanes) is 9. The molecule has 0 aromatic heterocycles. The van der Waals surface area contributed by atoms with Crippen molar-refractivity contribution in [1.82, 2.24) is 16.0 Å². The van der Waals surface area contributed by atoms with Crippen LogP contribution in [-0.2, 0) is 28.6 Å². The molecule has 268 valence electrons. The Morgan fingerprint density at radius 2 is 1.75 bits per heavy atom. The average molecular weight is 688 g/mol. The maximum atomic E-state index is 12.4. The van der Waals surface area contributed by atoms with Crippen molar-refractivity contribution in [3.8, 4) is 0 Å². The molecule has 0 aromatic carbocycles. The molecule has 10 nitrogen and oxygen atoms in total. The number of thioether (sulfide) groups is 1. The van der Waals surface area contributed by atoms with E-state index in [9.17, 15) is 19.2 Å². The van der Waals surface area contributed by atoms with Crippen molar-refractivity contribution in [2.24, 2.45) is 5.92 Å². The summed E-state index contributed by atoms with van der Waals surface area (Å²) in [6.07, 6.45) is 19.1. The first-order valence-corrected chi connectivity index (χ1v) is 19.6. The van der Waals surface area contributed by atoms with Gasteiger partial charge in [-0.3, -0.25) is 9.59 Å². The molecule has 7 atom stereocenters. The van der Waals surface area contributed by atoms with Gasteiger partial charge in [0, 0.05) is 41.9 Å². The molecule has 4 aliphatic heterocycles. The number of ether oxygens (including phenoxy) is 3. The number of fused-ring (bicyclic) bond motifs is 4. The van der Waals surface area contributed by atoms with Crippen molar-refractivity contribution in [2.75, 3.05) is 18.9 Å². The number of nitrogens with one attached hydrogen (secondary N) is 3. The van der Waals surface area contributed by atoms with E-state index in [2.05, 4.69) is 35.5 Å². The fraction of sp³-hybridized carbons (Fsp3) is 0.784. The molecule has 0 radical (unpaired) electrons. The van der Waals surface area contributed by atoms with Crippen LogP contribution < -0.4 is 16.0 Å². The second-order valence-corrected chi connectivity index (χ2v) is 15.9. The smallest absolute Gasteiger partial charge is 0.334 e. The molecule has 5 rings (SSSR count).